The fraction of sp³-hybridized carbons (Fsp3) is 1.00. The number of unbranched alkanes of at least 4 members (excludes halogenated alkanes) is 6. The zero-order valence-electron chi connectivity index (χ0n) is 13.3. The average molecular weight is 240 g/mol. The Morgan fingerprint density at radius 2 is 1.24 bits per heavy atom. The van der Waals surface area contributed by atoms with Crippen LogP contribution in [0, 0.1) is 17.3 Å². The predicted octanol–water partition coefficient (Wildman–Crippen LogP) is 6.45. The standard InChI is InChI=1S/C17H36/c1-7-8-9-10-11-12-13-14-16(15(2)3)17(4,5)6/h15-16H,7-14H2,1-6H3. The molecular weight excluding hydrogens is 204 g/mol. The van der Waals surface area contributed by atoms with Crippen molar-refractivity contribution >= 4 is 0 Å². The van der Waals surface area contributed by atoms with Crippen LogP contribution in [0.5, 0.6) is 0 Å². The smallest absolute Gasteiger partial charge is 0.0342 e. The van der Waals surface area contributed by atoms with Crippen molar-refractivity contribution in [3.05, 3.63) is 0 Å². The van der Waals surface area contributed by atoms with Gasteiger partial charge in [-0.25, -0.2) is 0 Å². The number of hydrogen-bond acceptors (Lipinski definition) is 0. The van der Waals surface area contributed by atoms with Crippen LogP contribution in [0.2, 0.25) is 0 Å². The summed E-state index contributed by atoms with van der Waals surface area (Å²) in [6, 6.07) is 0. The summed E-state index contributed by atoms with van der Waals surface area (Å²) < 4.78 is 0. The van der Waals surface area contributed by atoms with Crippen molar-refractivity contribution < 1.29 is 0 Å². The minimum atomic E-state index is 0.483. The molecule has 0 nitrogen and oxygen atoms in total. The molecule has 0 bridgehead atoms. The zero-order valence-corrected chi connectivity index (χ0v) is 13.3. The number of hydrogen-bond donors (Lipinski definition) is 0. The van der Waals surface area contributed by atoms with E-state index in [0.717, 1.165) is 11.8 Å². The van der Waals surface area contributed by atoms with E-state index in [1.165, 1.54) is 51.4 Å². The van der Waals surface area contributed by atoms with E-state index in [0.29, 0.717) is 5.41 Å². The monoisotopic (exact) mass is 240 g/mol. The van der Waals surface area contributed by atoms with Crippen LogP contribution in [-0.2, 0) is 0 Å². The summed E-state index contributed by atoms with van der Waals surface area (Å²) in [7, 11) is 0. The molecule has 1 atom stereocenters. The van der Waals surface area contributed by atoms with Crippen molar-refractivity contribution in [3.8, 4) is 0 Å². The molecule has 0 amide bonds. The summed E-state index contributed by atoms with van der Waals surface area (Å²) in [5, 5.41) is 0. The molecule has 1 unspecified atom stereocenters. The molecule has 0 fully saturated rings. The molecule has 0 radical (unpaired) electrons. The van der Waals surface area contributed by atoms with Crippen molar-refractivity contribution in [1.29, 1.82) is 0 Å². The lowest BCUT2D eigenvalue weighted by Crippen LogP contribution is -2.25. The molecule has 0 aromatic heterocycles. The van der Waals surface area contributed by atoms with Crippen LogP contribution in [0.15, 0.2) is 0 Å². The highest BCUT2D eigenvalue weighted by Crippen LogP contribution is 2.35. The van der Waals surface area contributed by atoms with E-state index in [-0.39, 0.29) is 0 Å². The van der Waals surface area contributed by atoms with E-state index in [1.54, 1.807) is 0 Å². The van der Waals surface area contributed by atoms with Gasteiger partial charge in [-0.05, 0) is 23.7 Å². The van der Waals surface area contributed by atoms with Gasteiger partial charge in [0.25, 0.3) is 0 Å². The van der Waals surface area contributed by atoms with Crippen molar-refractivity contribution in [2.24, 2.45) is 17.3 Å². The fourth-order valence-corrected chi connectivity index (χ4v) is 3.09. The minimum absolute atomic E-state index is 0.483. The molecular formula is C17H36. The van der Waals surface area contributed by atoms with Gasteiger partial charge in [-0.15, -0.1) is 0 Å². The average Bonchev–Trinajstić information content (AvgIpc) is 2.19. The van der Waals surface area contributed by atoms with Crippen LogP contribution in [0.4, 0.5) is 0 Å². The highest BCUT2D eigenvalue weighted by molar-refractivity contribution is 4.76. The van der Waals surface area contributed by atoms with Gasteiger partial charge in [0.15, 0.2) is 0 Å². The molecule has 0 N–H and O–H groups in total. The van der Waals surface area contributed by atoms with Gasteiger partial charge in [0.2, 0.25) is 0 Å². The van der Waals surface area contributed by atoms with Crippen molar-refractivity contribution in [3.63, 3.8) is 0 Å². The Labute approximate surface area is 111 Å². The molecule has 0 aliphatic heterocycles. The molecule has 104 valence electrons. The van der Waals surface area contributed by atoms with Gasteiger partial charge in [-0.3, -0.25) is 0 Å². The van der Waals surface area contributed by atoms with Gasteiger partial charge in [-0.2, -0.15) is 0 Å². The SMILES string of the molecule is CCCCCCCCCC(C(C)C)C(C)(C)C. The molecule has 0 aromatic rings. The molecule has 0 saturated carbocycles. The van der Waals surface area contributed by atoms with Crippen LogP contribution < -0.4 is 0 Å². The van der Waals surface area contributed by atoms with E-state index in [1.807, 2.05) is 0 Å². The van der Waals surface area contributed by atoms with Crippen molar-refractivity contribution in [1.82, 2.24) is 0 Å². The highest BCUT2D eigenvalue weighted by Gasteiger charge is 2.26. The highest BCUT2D eigenvalue weighted by atomic mass is 14.3. The Balaban J connectivity index is 3.63. The van der Waals surface area contributed by atoms with Gasteiger partial charge in [0.1, 0.15) is 0 Å². The maximum atomic E-state index is 2.40. The van der Waals surface area contributed by atoms with E-state index < -0.39 is 0 Å². The Hall–Kier alpha value is 0. The lowest BCUT2D eigenvalue weighted by molar-refractivity contribution is 0.161. The van der Waals surface area contributed by atoms with E-state index in [4.69, 9.17) is 0 Å². The van der Waals surface area contributed by atoms with Crippen molar-refractivity contribution in [2.75, 3.05) is 0 Å². The lowest BCUT2D eigenvalue weighted by atomic mass is 9.72. The van der Waals surface area contributed by atoms with E-state index in [9.17, 15) is 0 Å². The van der Waals surface area contributed by atoms with Gasteiger partial charge in [-0.1, -0.05) is 86.5 Å². The molecule has 0 heterocycles. The first-order valence-electron chi connectivity index (χ1n) is 7.89. The maximum absolute atomic E-state index is 2.40. The lowest BCUT2D eigenvalue weighted by Gasteiger charge is -2.34. The second kappa shape index (κ2) is 9.00. The molecule has 0 aliphatic carbocycles. The second-order valence-corrected chi connectivity index (χ2v) is 7.13. The van der Waals surface area contributed by atoms with E-state index >= 15 is 0 Å². The largest absolute Gasteiger partial charge is 0.0654 e. The predicted molar refractivity (Wildman–Crippen MR) is 80.4 cm³/mol. The van der Waals surface area contributed by atoms with Crippen LogP contribution in [0.25, 0.3) is 0 Å². The first-order chi connectivity index (χ1) is 7.89. The molecule has 0 spiro atoms. The summed E-state index contributed by atoms with van der Waals surface area (Å²) >= 11 is 0. The van der Waals surface area contributed by atoms with Crippen LogP contribution in [0.3, 0.4) is 0 Å². The van der Waals surface area contributed by atoms with Gasteiger partial charge < -0.3 is 0 Å². The zero-order chi connectivity index (χ0) is 13.3. The van der Waals surface area contributed by atoms with E-state index in [2.05, 4.69) is 41.5 Å². The van der Waals surface area contributed by atoms with Crippen LogP contribution >= 0.6 is 0 Å². The fourth-order valence-electron chi connectivity index (χ4n) is 3.09. The Kier molecular flexibility index (Phi) is 9.00. The summed E-state index contributed by atoms with van der Waals surface area (Å²) in [5.74, 6) is 1.72. The Morgan fingerprint density at radius 1 is 0.765 bits per heavy atom. The quantitative estimate of drug-likeness (QED) is 0.406. The van der Waals surface area contributed by atoms with Crippen LogP contribution in [0.1, 0.15) is 92.9 Å². The first-order valence-corrected chi connectivity index (χ1v) is 7.89. The minimum Gasteiger partial charge on any atom is -0.0654 e. The Morgan fingerprint density at radius 3 is 1.65 bits per heavy atom. The normalized spacial score (nSPS) is 14.3. The van der Waals surface area contributed by atoms with Gasteiger partial charge in [0.05, 0.1) is 0 Å². The van der Waals surface area contributed by atoms with Crippen LogP contribution in [-0.4, -0.2) is 0 Å². The number of rotatable bonds is 9. The Bertz CT molecular complexity index is 161. The van der Waals surface area contributed by atoms with Gasteiger partial charge in [0, 0.05) is 0 Å². The third-order valence-corrected chi connectivity index (χ3v) is 4.04. The summed E-state index contributed by atoms with van der Waals surface area (Å²) in [6.45, 7) is 14.3. The summed E-state index contributed by atoms with van der Waals surface area (Å²) in [4.78, 5) is 0. The topological polar surface area (TPSA) is 0 Å². The maximum Gasteiger partial charge on any atom is -0.0342 e. The summed E-state index contributed by atoms with van der Waals surface area (Å²) in [5.41, 5.74) is 0.483. The third-order valence-electron chi connectivity index (χ3n) is 4.04. The summed E-state index contributed by atoms with van der Waals surface area (Å²) in [6.07, 6.45) is 11.5. The molecule has 0 saturated heterocycles. The molecule has 0 aromatic carbocycles. The molecule has 17 heavy (non-hydrogen) atoms. The molecule has 0 rings (SSSR count). The van der Waals surface area contributed by atoms with Crippen molar-refractivity contribution in [2.45, 2.75) is 92.9 Å². The third kappa shape index (κ3) is 8.69. The first kappa shape index (κ1) is 17.0. The molecule has 0 heteroatoms. The molecule has 0 aliphatic rings. The second-order valence-electron chi connectivity index (χ2n) is 7.13. The van der Waals surface area contributed by atoms with Gasteiger partial charge >= 0.3 is 0 Å².